The smallest absolute Gasteiger partial charge is 0.293 e. The summed E-state index contributed by atoms with van der Waals surface area (Å²) in [5.41, 5.74) is 1.93. The van der Waals surface area contributed by atoms with Crippen molar-refractivity contribution >= 4 is 46.4 Å². The topological polar surface area (TPSA) is 83.8 Å². The molecule has 1 fully saturated rings. The fourth-order valence-corrected chi connectivity index (χ4v) is 3.57. The van der Waals surface area contributed by atoms with Gasteiger partial charge in [-0.2, -0.15) is 0 Å². The third-order valence-electron chi connectivity index (χ3n) is 4.85. The molecular formula is C23H20ClN3O4S. The molecule has 0 radical (unpaired) electrons. The standard InChI is InChI=1S/C23H20ClN3O4S/c24-17-6-4-15(5-7-17)19-8-9-20(31-19)21(28)26-23(32)25-18-3-1-2-16(14-18)22(29)27-10-12-30-13-11-27/h1-9,14H,10-13H2,(H2,25,26,28,32). The number of amides is 2. The van der Waals surface area contributed by atoms with E-state index in [1.807, 2.05) is 0 Å². The molecule has 0 atom stereocenters. The van der Waals surface area contributed by atoms with E-state index in [1.165, 1.54) is 0 Å². The van der Waals surface area contributed by atoms with Crippen molar-refractivity contribution in [2.45, 2.75) is 0 Å². The zero-order valence-electron chi connectivity index (χ0n) is 17.0. The van der Waals surface area contributed by atoms with Gasteiger partial charge < -0.3 is 19.4 Å². The maximum Gasteiger partial charge on any atom is 0.293 e. The number of nitrogens with zero attached hydrogens (tertiary/aromatic N) is 1. The second-order valence-corrected chi connectivity index (χ2v) is 7.91. The summed E-state index contributed by atoms with van der Waals surface area (Å²) in [5, 5.41) is 6.23. The molecule has 1 aliphatic rings. The number of carbonyl (C=O) groups is 2. The molecule has 2 N–H and O–H groups in total. The van der Waals surface area contributed by atoms with Crippen molar-refractivity contribution in [1.82, 2.24) is 10.2 Å². The number of morpholine rings is 1. The van der Waals surface area contributed by atoms with Gasteiger partial charge in [-0.05, 0) is 66.8 Å². The highest BCUT2D eigenvalue weighted by molar-refractivity contribution is 7.80. The third kappa shape index (κ3) is 5.34. The summed E-state index contributed by atoms with van der Waals surface area (Å²) in [6.07, 6.45) is 0. The molecule has 9 heteroatoms. The van der Waals surface area contributed by atoms with E-state index in [0.717, 1.165) is 5.56 Å². The Bertz CT molecular complexity index is 1140. The van der Waals surface area contributed by atoms with Crippen LogP contribution < -0.4 is 10.6 Å². The SMILES string of the molecule is O=C(NC(=S)Nc1cccc(C(=O)N2CCOCC2)c1)c1ccc(-c2ccc(Cl)cc2)o1. The minimum absolute atomic E-state index is 0.0720. The van der Waals surface area contributed by atoms with Gasteiger partial charge in [0.2, 0.25) is 0 Å². The number of halogens is 1. The molecule has 1 saturated heterocycles. The quantitative estimate of drug-likeness (QED) is 0.557. The highest BCUT2D eigenvalue weighted by atomic mass is 35.5. The van der Waals surface area contributed by atoms with Gasteiger partial charge in [0, 0.05) is 34.9 Å². The number of anilines is 1. The lowest BCUT2D eigenvalue weighted by atomic mass is 10.1. The van der Waals surface area contributed by atoms with Crippen LogP contribution in [0.5, 0.6) is 0 Å². The summed E-state index contributed by atoms with van der Waals surface area (Å²) in [6, 6.07) is 17.3. The first-order valence-corrected chi connectivity index (χ1v) is 10.7. The van der Waals surface area contributed by atoms with Gasteiger partial charge in [-0.15, -0.1) is 0 Å². The summed E-state index contributed by atoms with van der Waals surface area (Å²) in [4.78, 5) is 26.9. The molecule has 164 valence electrons. The summed E-state index contributed by atoms with van der Waals surface area (Å²) in [7, 11) is 0. The van der Waals surface area contributed by atoms with Gasteiger partial charge in [0.25, 0.3) is 11.8 Å². The predicted octanol–water partition coefficient (Wildman–Crippen LogP) is 4.20. The van der Waals surface area contributed by atoms with Gasteiger partial charge in [-0.1, -0.05) is 17.7 Å². The van der Waals surface area contributed by atoms with Crippen molar-refractivity contribution in [3.8, 4) is 11.3 Å². The molecule has 0 aliphatic carbocycles. The molecule has 0 unspecified atom stereocenters. The highest BCUT2D eigenvalue weighted by Crippen LogP contribution is 2.24. The van der Waals surface area contributed by atoms with Crippen molar-refractivity contribution in [2.24, 2.45) is 0 Å². The van der Waals surface area contributed by atoms with Crippen molar-refractivity contribution in [2.75, 3.05) is 31.6 Å². The zero-order valence-corrected chi connectivity index (χ0v) is 18.5. The Labute approximate surface area is 195 Å². The van der Waals surface area contributed by atoms with Crippen LogP contribution in [0.4, 0.5) is 5.69 Å². The van der Waals surface area contributed by atoms with Crippen LogP contribution in [0.3, 0.4) is 0 Å². The Hall–Kier alpha value is -3.20. The molecule has 2 amide bonds. The van der Waals surface area contributed by atoms with E-state index in [0.29, 0.717) is 48.3 Å². The molecule has 7 nitrogen and oxygen atoms in total. The van der Waals surface area contributed by atoms with E-state index in [1.54, 1.807) is 65.6 Å². The highest BCUT2D eigenvalue weighted by Gasteiger charge is 2.19. The van der Waals surface area contributed by atoms with Crippen molar-refractivity contribution in [3.63, 3.8) is 0 Å². The number of rotatable bonds is 4. The first-order chi connectivity index (χ1) is 15.5. The van der Waals surface area contributed by atoms with Crippen molar-refractivity contribution < 1.29 is 18.7 Å². The van der Waals surface area contributed by atoms with Gasteiger partial charge in [-0.25, -0.2) is 0 Å². The van der Waals surface area contributed by atoms with Gasteiger partial charge >= 0.3 is 0 Å². The average molecular weight is 470 g/mol. The maximum absolute atomic E-state index is 12.7. The normalized spacial score (nSPS) is 13.5. The molecule has 4 rings (SSSR count). The zero-order chi connectivity index (χ0) is 22.5. The molecule has 0 saturated carbocycles. The second kappa shape index (κ2) is 9.95. The van der Waals surface area contributed by atoms with Crippen molar-refractivity contribution in [3.05, 3.63) is 77.0 Å². The van der Waals surface area contributed by atoms with Crippen LogP contribution in [0.2, 0.25) is 5.02 Å². The largest absolute Gasteiger partial charge is 0.451 e. The fourth-order valence-electron chi connectivity index (χ4n) is 3.24. The first kappa shape index (κ1) is 22.0. The Morgan fingerprint density at radius 1 is 1.00 bits per heavy atom. The van der Waals surface area contributed by atoms with E-state index in [9.17, 15) is 9.59 Å². The molecule has 1 aromatic heterocycles. The monoisotopic (exact) mass is 469 g/mol. The molecular weight excluding hydrogens is 450 g/mol. The number of benzene rings is 2. The average Bonchev–Trinajstić information content (AvgIpc) is 3.30. The van der Waals surface area contributed by atoms with Crippen LogP contribution in [0, 0.1) is 0 Å². The molecule has 2 aromatic carbocycles. The van der Waals surface area contributed by atoms with Crippen LogP contribution in [-0.4, -0.2) is 48.1 Å². The lowest BCUT2D eigenvalue weighted by molar-refractivity contribution is 0.0303. The van der Waals surface area contributed by atoms with Crippen LogP contribution in [0.1, 0.15) is 20.9 Å². The number of carbonyl (C=O) groups excluding carboxylic acids is 2. The number of hydrogen-bond acceptors (Lipinski definition) is 5. The maximum atomic E-state index is 12.7. The number of furan rings is 1. The van der Waals surface area contributed by atoms with E-state index in [4.69, 9.17) is 33.0 Å². The van der Waals surface area contributed by atoms with Gasteiger partial charge in [0.1, 0.15) is 5.76 Å². The van der Waals surface area contributed by atoms with Crippen LogP contribution in [-0.2, 0) is 4.74 Å². The Balaban J connectivity index is 1.37. The predicted molar refractivity (Wildman–Crippen MR) is 126 cm³/mol. The van der Waals surface area contributed by atoms with Gasteiger partial charge in [0.15, 0.2) is 10.9 Å². The Morgan fingerprint density at radius 2 is 1.75 bits per heavy atom. The molecule has 1 aliphatic heterocycles. The molecule has 3 aromatic rings. The Kier molecular flexibility index (Phi) is 6.84. The summed E-state index contributed by atoms with van der Waals surface area (Å²) in [6.45, 7) is 2.19. The lowest BCUT2D eigenvalue weighted by Crippen LogP contribution is -2.40. The molecule has 0 spiro atoms. The Morgan fingerprint density at radius 3 is 2.50 bits per heavy atom. The summed E-state index contributed by atoms with van der Waals surface area (Å²) >= 11 is 11.2. The number of hydrogen-bond donors (Lipinski definition) is 2. The van der Waals surface area contributed by atoms with Gasteiger partial charge in [-0.3, -0.25) is 14.9 Å². The van der Waals surface area contributed by atoms with E-state index in [2.05, 4.69) is 10.6 Å². The van der Waals surface area contributed by atoms with E-state index >= 15 is 0 Å². The van der Waals surface area contributed by atoms with Crippen molar-refractivity contribution in [1.29, 1.82) is 0 Å². The summed E-state index contributed by atoms with van der Waals surface area (Å²) in [5.74, 6) is 0.107. The second-order valence-electron chi connectivity index (χ2n) is 7.06. The molecule has 0 bridgehead atoms. The number of ether oxygens (including phenoxy) is 1. The lowest BCUT2D eigenvalue weighted by Gasteiger charge is -2.27. The summed E-state index contributed by atoms with van der Waals surface area (Å²) < 4.78 is 10.9. The molecule has 32 heavy (non-hydrogen) atoms. The van der Waals surface area contributed by atoms with E-state index < -0.39 is 5.91 Å². The third-order valence-corrected chi connectivity index (χ3v) is 5.31. The van der Waals surface area contributed by atoms with E-state index in [-0.39, 0.29) is 16.8 Å². The van der Waals surface area contributed by atoms with Crippen LogP contribution in [0.25, 0.3) is 11.3 Å². The minimum Gasteiger partial charge on any atom is -0.451 e. The number of thiocarbonyl (C=S) groups is 1. The first-order valence-electron chi connectivity index (χ1n) is 9.95. The molecule has 2 heterocycles. The number of nitrogens with one attached hydrogen (secondary N) is 2. The fraction of sp³-hybridized carbons (Fsp3) is 0.174. The van der Waals surface area contributed by atoms with Crippen LogP contribution >= 0.6 is 23.8 Å². The van der Waals surface area contributed by atoms with Gasteiger partial charge in [0.05, 0.1) is 13.2 Å². The minimum atomic E-state index is -0.483. The van der Waals surface area contributed by atoms with Crippen LogP contribution in [0.15, 0.2) is 65.1 Å².